The van der Waals surface area contributed by atoms with E-state index in [2.05, 4.69) is 11.0 Å². The third-order valence-corrected chi connectivity index (χ3v) is 5.51. The number of fused-ring (bicyclic) bond motifs is 4. The molecule has 2 aromatic rings. The summed E-state index contributed by atoms with van der Waals surface area (Å²) in [6.45, 7) is 1.72. The molecule has 0 aliphatic carbocycles. The fraction of sp³-hybridized carbons (Fsp3) is 0.429. The fourth-order valence-electron chi connectivity index (χ4n) is 4.20. The van der Waals surface area contributed by atoms with Gasteiger partial charge in [-0.15, -0.1) is 0 Å². The van der Waals surface area contributed by atoms with Crippen LogP contribution in [-0.2, 0) is 19.4 Å². The normalized spacial score (nSPS) is 18.9. The van der Waals surface area contributed by atoms with Crippen LogP contribution in [0.25, 0.3) is 0 Å². The Morgan fingerprint density at radius 2 is 1.73 bits per heavy atom. The Hall–Kier alpha value is -2.40. The first kappa shape index (κ1) is 15.8. The lowest BCUT2D eigenvalue weighted by Gasteiger charge is -2.42. The highest BCUT2D eigenvalue weighted by Crippen LogP contribution is 2.45. The summed E-state index contributed by atoms with van der Waals surface area (Å²) in [5.41, 5.74) is 4.67. The fourth-order valence-corrected chi connectivity index (χ4v) is 4.20. The zero-order valence-electron chi connectivity index (χ0n) is 16.7. The first-order chi connectivity index (χ1) is 13.1. The van der Waals surface area contributed by atoms with Crippen LogP contribution in [-0.4, -0.2) is 39.9 Å². The minimum atomic E-state index is 0.159. The van der Waals surface area contributed by atoms with Crippen LogP contribution in [0.4, 0.5) is 0 Å². The van der Waals surface area contributed by atoms with Crippen molar-refractivity contribution in [1.82, 2.24) is 4.90 Å². The van der Waals surface area contributed by atoms with Gasteiger partial charge in [0.25, 0.3) is 0 Å². The number of methoxy groups -OCH3 is 4. The molecular weight excluding hydrogens is 330 g/mol. The van der Waals surface area contributed by atoms with E-state index in [1.807, 2.05) is 12.1 Å². The molecule has 1 unspecified atom stereocenters. The van der Waals surface area contributed by atoms with E-state index >= 15 is 0 Å². The standard InChI is InChI=1S/C21H25NO4/c1-23-18-6-5-13-9-17-15-11-20(25-3)19(24-2)10-14(15)7-8-22(17)12-16(13)21(18)26-4/h5-6,10-11,17H,7-9,12H2,1-4H3/i11D. The molecule has 0 amide bonds. The lowest BCUT2D eigenvalue weighted by atomic mass is 9.83. The molecule has 0 radical (unpaired) electrons. The number of hydrogen-bond acceptors (Lipinski definition) is 5. The summed E-state index contributed by atoms with van der Waals surface area (Å²) in [5.74, 6) is 2.73. The van der Waals surface area contributed by atoms with Crippen molar-refractivity contribution in [3.63, 3.8) is 0 Å². The van der Waals surface area contributed by atoms with Gasteiger partial charge in [0.1, 0.15) is 0 Å². The average Bonchev–Trinajstić information content (AvgIpc) is 2.70. The molecule has 0 spiro atoms. The van der Waals surface area contributed by atoms with Crippen molar-refractivity contribution in [2.45, 2.75) is 25.4 Å². The Bertz CT molecular complexity index is 883. The third kappa shape index (κ3) is 2.58. The van der Waals surface area contributed by atoms with E-state index in [1.54, 1.807) is 28.4 Å². The van der Waals surface area contributed by atoms with Crippen molar-refractivity contribution in [2.24, 2.45) is 0 Å². The smallest absolute Gasteiger partial charge is 0.165 e. The van der Waals surface area contributed by atoms with E-state index in [-0.39, 0.29) is 6.04 Å². The molecule has 0 saturated carbocycles. The Kier molecular flexibility index (Phi) is 4.09. The van der Waals surface area contributed by atoms with Gasteiger partial charge in [-0.2, -0.15) is 0 Å². The van der Waals surface area contributed by atoms with Gasteiger partial charge in [-0.3, -0.25) is 4.90 Å². The first-order valence-electron chi connectivity index (χ1n) is 9.34. The zero-order chi connectivity index (χ0) is 19.1. The summed E-state index contributed by atoms with van der Waals surface area (Å²) in [6.07, 6.45) is 1.73. The van der Waals surface area contributed by atoms with Gasteiger partial charge in [0, 0.05) is 24.7 Å². The number of nitrogens with zero attached hydrogens (tertiary/aromatic N) is 1. The number of rotatable bonds is 4. The van der Waals surface area contributed by atoms with Crippen LogP contribution in [0.5, 0.6) is 23.0 Å². The first-order valence-corrected chi connectivity index (χ1v) is 8.84. The maximum absolute atomic E-state index is 8.74. The van der Waals surface area contributed by atoms with Gasteiger partial charge >= 0.3 is 0 Å². The average molecular weight is 356 g/mol. The summed E-state index contributed by atoms with van der Waals surface area (Å²) in [5, 5.41) is 0. The minimum Gasteiger partial charge on any atom is -0.493 e. The van der Waals surface area contributed by atoms with E-state index in [1.165, 1.54) is 16.7 Å². The van der Waals surface area contributed by atoms with Crippen LogP contribution in [0.1, 0.15) is 29.7 Å². The van der Waals surface area contributed by atoms with E-state index in [0.29, 0.717) is 17.5 Å². The largest absolute Gasteiger partial charge is 0.493 e. The van der Waals surface area contributed by atoms with Crippen molar-refractivity contribution >= 4 is 0 Å². The van der Waals surface area contributed by atoms with Gasteiger partial charge < -0.3 is 18.9 Å². The van der Waals surface area contributed by atoms with Crippen LogP contribution in [0, 0.1) is 0 Å². The highest BCUT2D eigenvalue weighted by molar-refractivity contribution is 5.54. The van der Waals surface area contributed by atoms with Crippen molar-refractivity contribution in [3.8, 4) is 23.0 Å². The Morgan fingerprint density at radius 1 is 0.962 bits per heavy atom. The molecule has 138 valence electrons. The maximum Gasteiger partial charge on any atom is 0.165 e. The molecule has 2 heterocycles. The van der Waals surface area contributed by atoms with E-state index in [0.717, 1.165) is 43.0 Å². The summed E-state index contributed by atoms with van der Waals surface area (Å²) in [7, 11) is 6.57. The van der Waals surface area contributed by atoms with Crippen molar-refractivity contribution in [2.75, 3.05) is 35.0 Å². The topological polar surface area (TPSA) is 40.2 Å². The molecule has 0 fully saturated rings. The number of ether oxygens (including phenoxy) is 4. The van der Waals surface area contributed by atoms with Crippen LogP contribution in [0.3, 0.4) is 0 Å². The summed E-state index contributed by atoms with van der Waals surface area (Å²) in [4.78, 5) is 2.43. The lowest BCUT2D eigenvalue weighted by Crippen LogP contribution is -2.39. The quantitative estimate of drug-likeness (QED) is 0.840. The number of benzene rings is 2. The molecule has 5 heteroatoms. The predicted molar refractivity (Wildman–Crippen MR) is 99.7 cm³/mol. The Morgan fingerprint density at radius 3 is 2.42 bits per heavy atom. The highest BCUT2D eigenvalue weighted by atomic mass is 16.5. The van der Waals surface area contributed by atoms with Gasteiger partial charge in [0.15, 0.2) is 23.0 Å². The SMILES string of the molecule is [2H]c1c(OC)c(OC)cc2c1C1Cc3ccc(OC)c(OC)c3CN1CC2. The second kappa shape index (κ2) is 6.72. The Labute approximate surface area is 155 Å². The van der Waals surface area contributed by atoms with Gasteiger partial charge in [-0.05, 0) is 47.7 Å². The number of hydrogen-bond donors (Lipinski definition) is 0. The molecular formula is C21H25NO4. The molecule has 4 rings (SSSR count). The lowest BCUT2D eigenvalue weighted by molar-refractivity contribution is 0.157. The van der Waals surface area contributed by atoms with Crippen LogP contribution in [0.2, 0.25) is 0 Å². The summed E-state index contributed by atoms with van der Waals surface area (Å²) < 4.78 is 30.8. The van der Waals surface area contributed by atoms with Crippen LogP contribution < -0.4 is 18.9 Å². The zero-order valence-corrected chi connectivity index (χ0v) is 15.7. The van der Waals surface area contributed by atoms with Crippen molar-refractivity contribution in [3.05, 3.63) is 46.5 Å². The second-order valence-electron chi connectivity index (χ2n) is 6.69. The third-order valence-electron chi connectivity index (χ3n) is 5.51. The van der Waals surface area contributed by atoms with E-state index in [4.69, 9.17) is 20.3 Å². The maximum atomic E-state index is 8.74. The minimum absolute atomic E-state index is 0.159. The van der Waals surface area contributed by atoms with Gasteiger partial charge in [0.2, 0.25) is 0 Å². The van der Waals surface area contributed by atoms with Gasteiger partial charge in [-0.1, -0.05) is 6.07 Å². The molecule has 0 bridgehead atoms. The van der Waals surface area contributed by atoms with Crippen LogP contribution in [0.15, 0.2) is 24.2 Å². The van der Waals surface area contributed by atoms with Crippen molar-refractivity contribution < 1.29 is 20.3 Å². The van der Waals surface area contributed by atoms with E-state index in [9.17, 15) is 0 Å². The van der Waals surface area contributed by atoms with Crippen molar-refractivity contribution in [1.29, 1.82) is 0 Å². The highest BCUT2D eigenvalue weighted by Gasteiger charge is 2.34. The molecule has 1 atom stereocenters. The molecule has 2 aromatic carbocycles. The molecule has 0 saturated heterocycles. The van der Waals surface area contributed by atoms with Crippen LogP contribution >= 0.6 is 0 Å². The summed E-state index contributed by atoms with van der Waals surface area (Å²) in [6, 6.07) is 6.71. The molecule has 26 heavy (non-hydrogen) atoms. The molecule has 0 aromatic heterocycles. The summed E-state index contributed by atoms with van der Waals surface area (Å²) >= 11 is 0. The molecule has 2 aliphatic rings. The predicted octanol–water partition coefficient (Wildman–Crippen LogP) is 3.38. The second-order valence-corrected chi connectivity index (χ2v) is 6.69. The van der Waals surface area contributed by atoms with Gasteiger partial charge in [-0.25, -0.2) is 0 Å². The molecule has 2 aliphatic heterocycles. The monoisotopic (exact) mass is 356 g/mol. The molecule has 5 nitrogen and oxygen atoms in total. The Balaban J connectivity index is 1.81. The van der Waals surface area contributed by atoms with E-state index < -0.39 is 0 Å². The van der Waals surface area contributed by atoms with Gasteiger partial charge in [0.05, 0.1) is 29.8 Å². The molecule has 0 N–H and O–H groups in total.